The first-order valence-corrected chi connectivity index (χ1v) is 8.31. The van der Waals surface area contributed by atoms with Gasteiger partial charge in [0.2, 0.25) is 0 Å². The molecule has 1 unspecified atom stereocenters. The molecule has 130 valence electrons. The van der Waals surface area contributed by atoms with Gasteiger partial charge in [-0.05, 0) is 26.7 Å². The lowest BCUT2D eigenvalue weighted by Gasteiger charge is -2.25. The van der Waals surface area contributed by atoms with Gasteiger partial charge in [0.05, 0.1) is 13.2 Å². The first-order chi connectivity index (χ1) is 10.7. The van der Waals surface area contributed by atoms with Crippen LogP contribution < -0.4 is 5.32 Å². The van der Waals surface area contributed by atoms with Crippen LogP contribution in [0, 0.1) is 12.3 Å². The summed E-state index contributed by atoms with van der Waals surface area (Å²) in [5.41, 5.74) is 0.372. The lowest BCUT2D eigenvalue weighted by Crippen LogP contribution is -2.41. The van der Waals surface area contributed by atoms with Gasteiger partial charge in [0.1, 0.15) is 5.82 Å². The highest BCUT2D eigenvalue weighted by Gasteiger charge is 2.42. The number of rotatable bonds is 4. The number of nitrogens with zero attached hydrogens (tertiary/aromatic N) is 4. The van der Waals surface area contributed by atoms with Crippen LogP contribution in [0.15, 0.2) is 17.4 Å². The number of halogens is 1. The fraction of sp³-hybridized carbons (Fsp3) is 0.750. The molecular weight excluding hydrogens is 405 g/mol. The Morgan fingerprint density at radius 1 is 1.48 bits per heavy atom. The number of hydrogen-bond acceptors (Lipinski definition) is 3. The van der Waals surface area contributed by atoms with Crippen LogP contribution in [0.1, 0.15) is 25.6 Å². The fourth-order valence-corrected chi connectivity index (χ4v) is 3.42. The second-order valence-electron chi connectivity index (χ2n) is 6.38. The van der Waals surface area contributed by atoms with Crippen molar-refractivity contribution < 1.29 is 4.74 Å². The smallest absolute Gasteiger partial charge is 0.193 e. The largest absolute Gasteiger partial charge is 0.381 e. The number of guanidine groups is 1. The third-order valence-corrected chi connectivity index (χ3v) is 4.78. The van der Waals surface area contributed by atoms with Crippen LogP contribution in [-0.4, -0.2) is 59.8 Å². The van der Waals surface area contributed by atoms with Crippen molar-refractivity contribution in [1.29, 1.82) is 0 Å². The number of aliphatic imine (C=N–C) groups is 1. The monoisotopic (exact) mass is 433 g/mol. The Morgan fingerprint density at radius 2 is 2.35 bits per heavy atom. The summed E-state index contributed by atoms with van der Waals surface area (Å²) in [7, 11) is 0. The molecule has 0 amide bonds. The van der Waals surface area contributed by atoms with Crippen LogP contribution >= 0.6 is 24.0 Å². The zero-order chi connectivity index (χ0) is 15.4. The lowest BCUT2D eigenvalue weighted by atomic mass is 9.87. The molecule has 3 heterocycles. The Kier molecular flexibility index (Phi) is 6.70. The van der Waals surface area contributed by atoms with Gasteiger partial charge in [0.25, 0.3) is 0 Å². The molecule has 2 aliphatic rings. The van der Waals surface area contributed by atoms with Crippen molar-refractivity contribution in [2.24, 2.45) is 10.4 Å². The quantitative estimate of drug-likeness (QED) is 0.448. The van der Waals surface area contributed by atoms with Crippen molar-refractivity contribution in [3.8, 4) is 0 Å². The van der Waals surface area contributed by atoms with Gasteiger partial charge in [-0.1, -0.05) is 0 Å². The number of aryl methyl sites for hydroxylation is 1. The molecular formula is C16H28IN5O. The maximum absolute atomic E-state index is 5.62. The standard InChI is InChI=1S/C16H27N5O.HI/c1-3-17-15(19-7-10-20-9-6-18-14(20)2)21-8-4-16(12-21)5-11-22-13-16;/h6,9H,3-5,7-8,10-13H2,1-2H3,(H,17,19);1H. The molecule has 1 aromatic heterocycles. The minimum atomic E-state index is 0. The van der Waals surface area contributed by atoms with Crippen LogP contribution in [0.3, 0.4) is 0 Å². The maximum Gasteiger partial charge on any atom is 0.193 e. The number of aromatic nitrogens is 2. The second kappa shape index (κ2) is 8.32. The molecule has 2 fully saturated rings. The van der Waals surface area contributed by atoms with Crippen LogP contribution in [-0.2, 0) is 11.3 Å². The molecule has 0 bridgehead atoms. The fourth-order valence-electron chi connectivity index (χ4n) is 3.42. The van der Waals surface area contributed by atoms with Gasteiger partial charge >= 0.3 is 0 Å². The predicted octanol–water partition coefficient (Wildman–Crippen LogP) is 1.89. The summed E-state index contributed by atoms with van der Waals surface area (Å²) in [5.74, 6) is 2.09. The highest BCUT2D eigenvalue weighted by atomic mass is 127. The van der Waals surface area contributed by atoms with Gasteiger partial charge < -0.3 is 19.5 Å². The molecule has 6 nitrogen and oxygen atoms in total. The van der Waals surface area contributed by atoms with E-state index in [1.54, 1.807) is 0 Å². The zero-order valence-corrected chi connectivity index (χ0v) is 16.5. The number of hydrogen-bond donors (Lipinski definition) is 1. The van der Waals surface area contributed by atoms with Gasteiger partial charge in [0.15, 0.2) is 5.96 Å². The minimum Gasteiger partial charge on any atom is -0.381 e. The van der Waals surface area contributed by atoms with Gasteiger partial charge in [-0.2, -0.15) is 0 Å². The average Bonchev–Trinajstić information content (AvgIpc) is 3.23. The molecule has 0 aromatic carbocycles. The van der Waals surface area contributed by atoms with Crippen LogP contribution in [0.5, 0.6) is 0 Å². The zero-order valence-electron chi connectivity index (χ0n) is 14.1. The van der Waals surface area contributed by atoms with Crippen molar-refractivity contribution in [2.75, 3.05) is 39.4 Å². The molecule has 7 heteroatoms. The topological polar surface area (TPSA) is 54.7 Å². The van der Waals surface area contributed by atoms with Crippen molar-refractivity contribution in [1.82, 2.24) is 19.8 Å². The van der Waals surface area contributed by atoms with E-state index in [9.17, 15) is 0 Å². The van der Waals surface area contributed by atoms with E-state index < -0.39 is 0 Å². The van der Waals surface area contributed by atoms with E-state index in [0.717, 1.165) is 57.7 Å². The molecule has 23 heavy (non-hydrogen) atoms. The minimum absolute atomic E-state index is 0. The number of likely N-dealkylation sites (tertiary alicyclic amines) is 1. The normalized spacial score (nSPS) is 24.3. The summed E-state index contributed by atoms with van der Waals surface area (Å²) < 4.78 is 7.76. The van der Waals surface area contributed by atoms with E-state index in [1.165, 1.54) is 12.8 Å². The summed E-state index contributed by atoms with van der Waals surface area (Å²) in [4.78, 5) is 11.5. The van der Waals surface area contributed by atoms with Crippen molar-refractivity contribution in [2.45, 2.75) is 33.2 Å². The first kappa shape index (κ1) is 18.5. The molecule has 1 atom stereocenters. The van der Waals surface area contributed by atoms with E-state index in [0.29, 0.717) is 5.41 Å². The molecule has 1 aromatic rings. The number of imidazole rings is 1. The highest BCUT2D eigenvalue weighted by Crippen LogP contribution is 2.38. The molecule has 3 rings (SSSR count). The number of nitrogens with one attached hydrogen (secondary N) is 1. The van der Waals surface area contributed by atoms with E-state index in [-0.39, 0.29) is 24.0 Å². The second-order valence-corrected chi connectivity index (χ2v) is 6.38. The van der Waals surface area contributed by atoms with E-state index in [1.807, 2.05) is 19.3 Å². The van der Waals surface area contributed by atoms with E-state index in [2.05, 4.69) is 26.7 Å². The summed E-state index contributed by atoms with van der Waals surface area (Å²) in [6.07, 6.45) is 6.27. The molecule has 1 N–H and O–H groups in total. The average molecular weight is 433 g/mol. The Labute approximate surface area is 155 Å². The third kappa shape index (κ3) is 4.37. The van der Waals surface area contributed by atoms with E-state index >= 15 is 0 Å². The molecule has 2 saturated heterocycles. The SMILES string of the molecule is CCNC(=NCCn1ccnc1C)N1CCC2(CCOC2)C1.I. The Morgan fingerprint density at radius 3 is 3.00 bits per heavy atom. The van der Waals surface area contributed by atoms with Crippen LogP contribution in [0.4, 0.5) is 0 Å². The van der Waals surface area contributed by atoms with Crippen molar-refractivity contribution >= 4 is 29.9 Å². The van der Waals surface area contributed by atoms with Gasteiger partial charge in [-0.15, -0.1) is 24.0 Å². The van der Waals surface area contributed by atoms with Gasteiger partial charge in [0, 0.05) is 50.6 Å². The van der Waals surface area contributed by atoms with E-state index in [4.69, 9.17) is 9.73 Å². The highest BCUT2D eigenvalue weighted by molar-refractivity contribution is 14.0. The molecule has 2 aliphatic heterocycles. The molecule has 0 radical (unpaired) electrons. The van der Waals surface area contributed by atoms with Crippen LogP contribution in [0.25, 0.3) is 0 Å². The number of ether oxygens (including phenoxy) is 1. The van der Waals surface area contributed by atoms with Gasteiger partial charge in [-0.3, -0.25) is 4.99 Å². The van der Waals surface area contributed by atoms with Crippen molar-refractivity contribution in [3.05, 3.63) is 18.2 Å². The van der Waals surface area contributed by atoms with Crippen LogP contribution in [0.2, 0.25) is 0 Å². The van der Waals surface area contributed by atoms with Gasteiger partial charge in [-0.25, -0.2) is 4.98 Å². The summed E-state index contributed by atoms with van der Waals surface area (Å²) >= 11 is 0. The molecule has 1 spiro atoms. The Bertz CT molecular complexity index is 524. The predicted molar refractivity (Wildman–Crippen MR) is 102 cm³/mol. The molecule has 0 saturated carbocycles. The Balaban J connectivity index is 0.00000192. The first-order valence-electron chi connectivity index (χ1n) is 8.31. The van der Waals surface area contributed by atoms with Crippen molar-refractivity contribution in [3.63, 3.8) is 0 Å². The summed E-state index contributed by atoms with van der Waals surface area (Å²) in [6, 6.07) is 0. The lowest BCUT2D eigenvalue weighted by molar-refractivity contribution is 0.156. The summed E-state index contributed by atoms with van der Waals surface area (Å²) in [6.45, 7) is 10.7. The molecule has 0 aliphatic carbocycles. The summed E-state index contributed by atoms with van der Waals surface area (Å²) in [5, 5.41) is 3.44. The maximum atomic E-state index is 5.62. The Hall–Kier alpha value is -0.830. The third-order valence-electron chi connectivity index (χ3n) is 4.78.